The fourth-order valence-electron chi connectivity index (χ4n) is 2.94. The minimum absolute atomic E-state index is 0.219. The van der Waals surface area contributed by atoms with Gasteiger partial charge >= 0.3 is 0 Å². The van der Waals surface area contributed by atoms with E-state index in [1.165, 1.54) is 16.9 Å². The highest BCUT2D eigenvalue weighted by atomic mass is 32.2. The maximum atomic E-state index is 6.45. The van der Waals surface area contributed by atoms with Crippen molar-refractivity contribution in [3.63, 3.8) is 0 Å². The summed E-state index contributed by atoms with van der Waals surface area (Å²) in [5, 5.41) is 0.712. The molecule has 3 atom stereocenters. The third-order valence-corrected chi connectivity index (χ3v) is 5.19. The first kappa shape index (κ1) is 14.9. The fourth-order valence-corrected chi connectivity index (χ4v) is 3.98. The van der Waals surface area contributed by atoms with E-state index < -0.39 is 0 Å². The molecule has 0 bridgehead atoms. The smallest absolute Gasteiger partial charge is 0.0502 e. The molecule has 0 aliphatic carbocycles. The van der Waals surface area contributed by atoms with Crippen LogP contribution in [-0.4, -0.2) is 35.0 Å². The lowest BCUT2D eigenvalue weighted by atomic mass is 9.92. The molecule has 0 saturated carbocycles. The second kappa shape index (κ2) is 6.78. The zero-order valence-corrected chi connectivity index (χ0v) is 13.1. The van der Waals surface area contributed by atoms with E-state index in [1.54, 1.807) is 0 Å². The second-order valence-corrected chi connectivity index (χ2v) is 7.10. The van der Waals surface area contributed by atoms with E-state index >= 15 is 0 Å². The van der Waals surface area contributed by atoms with Crippen molar-refractivity contribution in [1.29, 1.82) is 0 Å². The second-order valence-electron chi connectivity index (χ2n) is 5.55. The van der Waals surface area contributed by atoms with Gasteiger partial charge in [-0.2, -0.15) is 11.8 Å². The molecular formula is C16H26N2S. The van der Waals surface area contributed by atoms with E-state index in [-0.39, 0.29) is 6.04 Å². The van der Waals surface area contributed by atoms with Crippen molar-refractivity contribution in [2.45, 2.75) is 44.5 Å². The van der Waals surface area contributed by atoms with Gasteiger partial charge in [-0.3, -0.25) is 4.90 Å². The van der Waals surface area contributed by atoms with Crippen LogP contribution in [0.15, 0.2) is 24.3 Å². The van der Waals surface area contributed by atoms with Gasteiger partial charge in [-0.05, 0) is 24.5 Å². The Bertz CT molecular complexity index is 407. The Balaban J connectivity index is 2.28. The van der Waals surface area contributed by atoms with Crippen molar-refractivity contribution >= 4 is 11.8 Å². The Morgan fingerprint density at radius 3 is 2.79 bits per heavy atom. The van der Waals surface area contributed by atoms with Crippen molar-refractivity contribution in [2.24, 2.45) is 5.73 Å². The molecule has 3 unspecified atom stereocenters. The summed E-state index contributed by atoms with van der Waals surface area (Å²) in [5.74, 6) is 1.22. The van der Waals surface area contributed by atoms with Gasteiger partial charge in [0.05, 0.1) is 6.04 Å². The highest BCUT2D eigenvalue weighted by molar-refractivity contribution is 7.99. The van der Waals surface area contributed by atoms with Crippen LogP contribution in [0.5, 0.6) is 0 Å². The molecule has 1 saturated heterocycles. The number of aryl methyl sites for hydroxylation is 1. The standard InChI is InChI=1S/C16H26N2S/c1-4-15(17)16(14-8-6-5-7-12(14)2)18-9-10-19-13(3)11-18/h5-8,13,15-16H,4,9-11,17H2,1-3H3. The molecule has 0 radical (unpaired) electrons. The molecule has 0 spiro atoms. The maximum absolute atomic E-state index is 6.45. The highest BCUT2D eigenvalue weighted by Gasteiger charge is 2.29. The van der Waals surface area contributed by atoms with Crippen LogP contribution in [0.4, 0.5) is 0 Å². The normalized spacial score (nSPS) is 24.1. The fraction of sp³-hybridized carbons (Fsp3) is 0.625. The summed E-state index contributed by atoms with van der Waals surface area (Å²) >= 11 is 2.08. The van der Waals surface area contributed by atoms with E-state index in [0.29, 0.717) is 11.3 Å². The van der Waals surface area contributed by atoms with Crippen molar-refractivity contribution in [2.75, 3.05) is 18.8 Å². The third kappa shape index (κ3) is 3.53. The molecule has 1 aromatic rings. The van der Waals surface area contributed by atoms with Gasteiger partial charge in [0.15, 0.2) is 0 Å². The molecular weight excluding hydrogens is 252 g/mol. The van der Waals surface area contributed by atoms with Crippen LogP contribution in [0.25, 0.3) is 0 Å². The summed E-state index contributed by atoms with van der Waals surface area (Å²) < 4.78 is 0. The number of hydrogen-bond acceptors (Lipinski definition) is 3. The van der Waals surface area contributed by atoms with Crippen molar-refractivity contribution < 1.29 is 0 Å². The molecule has 2 rings (SSSR count). The molecule has 0 aromatic heterocycles. The lowest BCUT2D eigenvalue weighted by molar-refractivity contribution is 0.176. The first-order valence-electron chi connectivity index (χ1n) is 7.30. The van der Waals surface area contributed by atoms with Gasteiger partial charge in [-0.1, -0.05) is 38.1 Å². The lowest BCUT2D eigenvalue weighted by Gasteiger charge is -2.40. The molecule has 2 N–H and O–H groups in total. The molecule has 3 heteroatoms. The van der Waals surface area contributed by atoms with Gasteiger partial charge in [0.25, 0.3) is 0 Å². The predicted octanol–water partition coefficient (Wildman–Crippen LogP) is 3.21. The summed E-state index contributed by atoms with van der Waals surface area (Å²) in [4.78, 5) is 2.59. The molecule has 1 aromatic carbocycles. The number of rotatable bonds is 4. The van der Waals surface area contributed by atoms with Gasteiger partial charge in [0, 0.05) is 30.1 Å². The maximum Gasteiger partial charge on any atom is 0.0502 e. The molecule has 1 heterocycles. The van der Waals surface area contributed by atoms with E-state index in [0.717, 1.165) is 19.5 Å². The molecule has 1 aliphatic rings. The van der Waals surface area contributed by atoms with E-state index in [2.05, 4.69) is 61.7 Å². The van der Waals surface area contributed by atoms with Crippen LogP contribution >= 0.6 is 11.8 Å². The summed E-state index contributed by atoms with van der Waals surface area (Å²) in [7, 11) is 0. The predicted molar refractivity (Wildman–Crippen MR) is 85.7 cm³/mol. The lowest BCUT2D eigenvalue weighted by Crippen LogP contribution is -2.46. The van der Waals surface area contributed by atoms with Crippen molar-refractivity contribution in [1.82, 2.24) is 4.90 Å². The topological polar surface area (TPSA) is 29.3 Å². The van der Waals surface area contributed by atoms with Crippen LogP contribution in [0.3, 0.4) is 0 Å². The minimum Gasteiger partial charge on any atom is -0.326 e. The average molecular weight is 278 g/mol. The molecule has 0 amide bonds. The average Bonchev–Trinajstić information content (AvgIpc) is 2.41. The largest absolute Gasteiger partial charge is 0.326 e. The summed E-state index contributed by atoms with van der Waals surface area (Å²) in [6.45, 7) is 9.02. The third-order valence-electron chi connectivity index (χ3n) is 4.05. The van der Waals surface area contributed by atoms with Gasteiger partial charge in [-0.15, -0.1) is 0 Å². The zero-order valence-electron chi connectivity index (χ0n) is 12.3. The Morgan fingerprint density at radius 2 is 2.16 bits per heavy atom. The van der Waals surface area contributed by atoms with Crippen LogP contribution in [-0.2, 0) is 0 Å². The van der Waals surface area contributed by atoms with Crippen LogP contribution in [0, 0.1) is 6.92 Å². The molecule has 1 fully saturated rings. The quantitative estimate of drug-likeness (QED) is 0.917. The Kier molecular flexibility index (Phi) is 5.31. The highest BCUT2D eigenvalue weighted by Crippen LogP contribution is 2.31. The molecule has 106 valence electrons. The SMILES string of the molecule is CCC(N)C(c1ccccc1C)N1CCSC(C)C1. The van der Waals surface area contributed by atoms with Gasteiger partial charge in [-0.25, -0.2) is 0 Å². The number of nitrogens with zero attached hydrogens (tertiary/aromatic N) is 1. The summed E-state index contributed by atoms with van der Waals surface area (Å²) in [5.41, 5.74) is 9.22. The Hall–Kier alpha value is -0.510. The molecule has 19 heavy (non-hydrogen) atoms. The van der Waals surface area contributed by atoms with E-state index in [9.17, 15) is 0 Å². The zero-order chi connectivity index (χ0) is 13.8. The first-order valence-corrected chi connectivity index (χ1v) is 8.35. The monoisotopic (exact) mass is 278 g/mol. The summed E-state index contributed by atoms with van der Waals surface area (Å²) in [6.07, 6.45) is 1.02. The summed E-state index contributed by atoms with van der Waals surface area (Å²) in [6, 6.07) is 9.29. The van der Waals surface area contributed by atoms with Gasteiger partial charge in [0.2, 0.25) is 0 Å². The van der Waals surface area contributed by atoms with Gasteiger partial charge < -0.3 is 5.73 Å². The molecule has 1 aliphatic heterocycles. The van der Waals surface area contributed by atoms with Crippen LogP contribution in [0.2, 0.25) is 0 Å². The molecule has 2 nitrogen and oxygen atoms in total. The van der Waals surface area contributed by atoms with Crippen molar-refractivity contribution in [3.8, 4) is 0 Å². The Morgan fingerprint density at radius 1 is 1.42 bits per heavy atom. The van der Waals surface area contributed by atoms with Crippen molar-refractivity contribution in [3.05, 3.63) is 35.4 Å². The number of hydrogen-bond donors (Lipinski definition) is 1. The number of benzene rings is 1. The van der Waals surface area contributed by atoms with E-state index in [1.807, 2.05) is 0 Å². The first-order chi connectivity index (χ1) is 9.13. The van der Waals surface area contributed by atoms with Gasteiger partial charge in [0.1, 0.15) is 0 Å². The number of thioether (sulfide) groups is 1. The van der Waals surface area contributed by atoms with E-state index in [4.69, 9.17) is 5.73 Å². The minimum atomic E-state index is 0.219. The Labute approximate surface area is 121 Å². The van der Waals surface area contributed by atoms with Crippen LogP contribution in [0.1, 0.15) is 37.4 Å². The van der Waals surface area contributed by atoms with Crippen LogP contribution < -0.4 is 5.73 Å². The number of nitrogens with two attached hydrogens (primary N) is 1.